The van der Waals surface area contributed by atoms with E-state index >= 15 is 0 Å². The van der Waals surface area contributed by atoms with Gasteiger partial charge in [0.05, 0.1) is 35.6 Å². The summed E-state index contributed by atoms with van der Waals surface area (Å²) >= 11 is 0. The number of nitrogens with zero attached hydrogens (tertiary/aromatic N) is 5. The number of fused-ring (bicyclic) bond motifs is 1. The topological polar surface area (TPSA) is 149 Å². The summed E-state index contributed by atoms with van der Waals surface area (Å²) in [5.41, 5.74) is 0.915. The Morgan fingerprint density at radius 3 is 2.69 bits per heavy atom. The third kappa shape index (κ3) is 6.71. The molecule has 1 atom stereocenters. The third-order valence-corrected chi connectivity index (χ3v) is 7.47. The van der Waals surface area contributed by atoms with E-state index in [-0.39, 0.29) is 40.9 Å². The van der Waals surface area contributed by atoms with Crippen LogP contribution in [0.15, 0.2) is 42.7 Å². The van der Waals surface area contributed by atoms with Crippen molar-refractivity contribution < 1.29 is 33.4 Å². The molecular formula is C32H35FN6O6. The number of ketones is 1. The first-order valence-electron chi connectivity index (χ1n) is 14.5. The summed E-state index contributed by atoms with van der Waals surface area (Å²) in [7, 11) is 3.06. The second-order valence-corrected chi connectivity index (χ2v) is 11.9. The summed E-state index contributed by atoms with van der Waals surface area (Å²) in [6.07, 6.45) is 3.68. The average molecular weight is 619 g/mol. The van der Waals surface area contributed by atoms with Crippen molar-refractivity contribution in [3.8, 4) is 17.1 Å². The Hall–Kier alpha value is -5.07. The van der Waals surface area contributed by atoms with Crippen LogP contribution in [0.25, 0.3) is 22.3 Å². The number of ether oxygens (including phenoxy) is 2. The molecule has 0 bridgehead atoms. The van der Waals surface area contributed by atoms with E-state index < -0.39 is 29.3 Å². The largest absolute Gasteiger partial charge is 0.496 e. The minimum Gasteiger partial charge on any atom is -0.496 e. The van der Waals surface area contributed by atoms with E-state index in [9.17, 15) is 23.9 Å². The molecule has 1 saturated heterocycles. The number of nitrogens with one attached hydrogen (secondary N) is 1. The maximum atomic E-state index is 14.8. The highest BCUT2D eigenvalue weighted by Gasteiger charge is 2.30. The number of hydrogen-bond acceptors (Lipinski definition) is 9. The van der Waals surface area contributed by atoms with Crippen molar-refractivity contribution >= 4 is 34.4 Å². The van der Waals surface area contributed by atoms with E-state index in [0.29, 0.717) is 35.2 Å². The molecule has 2 aromatic heterocycles. The molecule has 4 aromatic rings. The fourth-order valence-corrected chi connectivity index (χ4v) is 5.65. The molecule has 5 rings (SSSR count). The van der Waals surface area contributed by atoms with Gasteiger partial charge in [-0.05, 0) is 63.4 Å². The van der Waals surface area contributed by atoms with Gasteiger partial charge in [0.1, 0.15) is 22.9 Å². The highest BCUT2D eigenvalue weighted by molar-refractivity contribution is 6.08. The van der Waals surface area contributed by atoms with Crippen molar-refractivity contribution in [3.63, 3.8) is 0 Å². The van der Waals surface area contributed by atoms with Crippen LogP contribution in [0.3, 0.4) is 0 Å². The van der Waals surface area contributed by atoms with Crippen LogP contribution in [0.4, 0.5) is 14.9 Å². The van der Waals surface area contributed by atoms with Crippen LogP contribution in [0, 0.1) is 5.82 Å². The van der Waals surface area contributed by atoms with Crippen LogP contribution in [-0.4, -0.2) is 74.5 Å². The molecule has 1 amide bonds. The molecule has 0 radical (unpaired) electrons. The van der Waals surface area contributed by atoms with Gasteiger partial charge in [0.15, 0.2) is 11.6 Å². The predicted molar refractivity (Wildman–Crippen MR) is 164 cm³/mol. The Morgan fingerprint density at radius 1 is 1.20 bits per heavy atom. The van der Waals surface area contributed by atoms with Crippen LogP contribution in [0.1, 0.15) is 60.0 Å². The van der Waals surface area contributed by atoms with Crippen molar-refractivity contribution in [3.05, 3.63) is 65.4 Å². The molecule has 2 aromatic carbocycles. The lowest BCUT2D eigenvalue weighted by Gasteiger charge is -2.36. The molecule has 1 aliphatic rings. The van der Waals surface area contributed by atoms with Crippen LogP contribution in [0.5, 0.6) is 5.75 Å². The number of carboxylic acid groups (broad SMARTS) is 1. The summed E-state index contributed by atoms with van der Waals surface area (Å²) in [5.74, 6) is -1.99. The first-order valence-corrected chi connectivity index (χ1v) is 14.5. The standard InChI is InChI=1S/C32H35FN6O6/c1-32(2,3)45-31(43)36-19-8-7-13-39(17-19)27-18(14-20(30(41)42)28-21(27)16-35-38(28)4)15-24(40)23-11-12-34-29(37-23)26-22(33)9-6-10-25(26)44-5/h6,9-12,14,16,19H,7-8,13,15,17H2,1-5H3,(H,36,43)(H,41,42)/t19-/m1/s1. The number of aromatic carboxylic acids is 1. The van der Waals surface area contributed by atoms with Crippen LogP contribution in [-0.2, 0) is 18.2 Å². The molecule has 45 heavy (non-hydrogen) atoms. The van der Waals surface area contributed by atoms with Gasteiger partial charge in [0, 0.05) is 44.2 Å². The molecule has 13 heteroatoms. The number of carbonyl (C=O) groups is 3. The number of benzene rings is 2. The van der Waals surface area contributed by atoms with Gasteiger partial charge in [0.25, 0.3) is 0 Å². The second kappa shape index (κ2) is 12.5. The minimum absolute atomic E-state index is 0.00328. The molecule has 2 N–H and O–H groups in total. The number of piperidine rings is 1. The summed E-state index contributed by atoms with van der Waals surface area (Å²) in [6.45, 7) is 6.38. The van der Waals surface area contributed by atoms with E-state index in [1.165, 1.54) is 42.3 Å². The van der Waals surface area contributed by atoms with Crippen molar-refractivity contribution in [2.45, 2.75) is 51.7 Å². The Labute approximate surface area is 259 Å². The zero-order valence-corrected chi connectivity index (χ0v) is 25.8. The van der Waals surface area contributed by atoms with Gasteiger partial charge in [-0.15, -0.1) is 0 Å². The van der Waals surface area contributed by atoms with Gasteiger partial charge in [-0.1, -0.05) is 6.07 Å². The number of aryl methyl sites for hydroxylation is 1. The fraction of sp³-hybridized carbons (Fsp3) is 0.375. The van der Waals surface area contributed by atoms with Crippen molar-refractivity contribution in [2.24, 2.45) is 7.05 Å². The summed E-state index contributed by atoms with van der Waals surface area (Å²) in [4.78, 5) is 49.3. The zero-order chi connectivity index (χ0) is 32.5. The third-order valence-electron chi connectivity index (χ3n) is 7.47. The first kappa shape index (κ1) is 31.4. The Morgan fingerprint density at radius 2 is 1.98 bits per heavy atom. The lowest BCUT2D eigenvalue weighted by atomic mass is 9.95. The molecule has 1 aliphatic heterocycles. The number of anilines is 1. The molecule has 1 fully saturated rings. The minimum atomic E-state index is -1.16. The smallest absolute Gasteiger partial charge is 0.407 e. The average Bonchev–Trinajstić information content (AvgIpc) is 3.36. The molecule has 12 nitrogen and oxygen atoms in total. The number of rotatable bonds is 8. The molecular weight excluding hydrogens is 583 g/mol. The van der Waals surface area contributed by atoms with Gasteiger partial charge >= 0.3 is 12.1 Å². The number of hydrogen-bond donors (Lipinski definition) is 2. The van der Waals surface area contributed by atoms with E-state index in [0.717, 1.165) is 12.8 Å². The maximum Gasteiger partial charge on any atom is 0.407 e. The zero-order valence-electron chi connectivity index (χ0n) is 25.8. The van der Waals surface area contributed by atoms with Gasteiger partial charge in [-0.3, -0.25) is 9.48 Å². The summed E-state index contributed by atoms with van der Waals surface area (Å²) in [5, 5.41) is 17.9. The number of carboxylic acids is 1. The number of amides is 1. The Bertz CT molecular complexity index is 1780. The summed E-state index contributed by atoms with van der Waals surface area (Å²) < 4.78 is 27.0. The van der Waals surface area contributed by atoms with Crippen LogP contribution in [0.2, 0.25) is 0 Å². The van der Waals surface area contributed by atoms with E-state index in [4.69, 9.17) is 9.47 Å². The number of aromatic nitrogens is 4. The van der Waals surface area contributed by atoms with E-state index in [1.807, 2.05) is 4.90 Å². The molecule has 236 valence electrons. The predicted octanol–water partition coefficient (Wildman–Crippen LogP) is 4.80. The van der Waals surface area contributed by atoms with Crippen molar-refractivity contribution in [2.75, 3.05) is 25.1 Å². The van der Waals surface area contributed by atoms with Crippen molar-refractivity contribution in [1.29, 1.82) is 0 Å². The first-order chi connectivity index (χ1) is 21.4. The SMILES string of the molecule is COc1cccc(F)c1-c1nccc(C(=O)Cc2cc(C(=O)O)c3c(cnn3C)c2N2CCC[C@@H](NC(=O)OC(C)(C)C)C2)n1. The number of methoxy groups -OCH3 is 1. The maximum absolute atomic E-state index is 14.8. The lowest BCUT2D eigenvalue weighted by Crippen LogP contribution is -2.49. The van der Waals surface area contributed by atoms with Crippen LogP contribution >= 0.6 is 0 Å². The number of alkyl carbamates (subject to hydrolysis) is 1. The Kier molecular flexibility index (Phi) is 8.71. The number of halogens is 1. The monoisotopic (exact) mass is 618 g/mol. The van der Waals surface area contributed by atoms with E-state index in [1.54, 1.807) is 40.1 Å². The van der Waals surface area contributed by atoms with Gasteiger partial charge in [-0.25, -0.2) is 23.9 Å². The molecule has 0 aliphatic carbocycles. The van der Waals surface area contributed by atoms with Gasteiger partial charge in [0.2, 0.25) is 0 Å². The molecule has 0 unspecified atom stereocenters. The highest BCUT2D eigenvalue weighted by Crippen LogP contribution is 2.36. The Balaban J connectivity index is 1.53. The fourth-order valence-electron chi connectivity index (χ4n) is 5.65. The summed E-state index contributed by atoms with van der Waals surface area (Å²) in [6, 6.07) is 7.00. The lowest BCUT2D eigenvalue weighted by molar-refractivity contribution is 0.0499. The van der Waals surface area contributed by atoms with Crippen molar-refractivity contribution in [1.82, 2.24) is 25.1 Å². The molecule has 0 saturated carbocycles. The quantitative estimate of drug-likeness (QED) is 0.264. The molecule has 3 heterocycles. The highest BCUT2D eigenvalue weighted by atomic mass is 19.1. The van der Waals surface area contributed by atoms with Gasteiger partial charge < -0.3 is 24.8 Å². The van der Waals surface area contributed by atoms with Crippen LogP contribution < -0.4 is 15.0 Å². The normalized spacial score (nSPS) is 15.2. The molecule has 0 spiro atoms. The number of Topliss-reactive ketones (excluding diaryl/α,β-unsaturated/α-hetero) is 1. The van der Waals surface area contributed by atoms with Gasteiger partial charge in [-0.2, -0.15) is 5.10 Å². The number of carbonyl (C=O) groups excluding carboxylic acids is 2. The van der Waals surface area contributed by atoms with E-state index in [2.05, 4.69) is 20.4 Å². The second-order valence-electron chi connectivity index (χ2n) is 11.9.